The lowest BCUT2D eigenvalue weighted by atomic mass is 9.92. The fourth-order valence-corrected chi connectivity index (χ4v) is 9.09. The standard InChI is InChI=1S/C17H29N3O4S.C17H28N2O5S/c1-16(2,3)13-10-14(20(6)19-13)18-15(21)17(4,5)25(22,23)11-12-8-7-9-24-12;1-15(2,3)12-11-13(19-24-12)18-14(20)16(4,5)25(21,22)17(6)7-9-23-10-8-17/h10,12H,7-9,11H2,1-6H3,(H,18,21);11H,7-10H2,1-6H3,(H,18,19,20). The molecule has 0 aromatic carbocycles. The molecule has 284 valence electrons. The number of carbonyl (C=O) groups excluding carboxylic acids is 2. The molecule has 1 unspecified atom stereocenters. The molecule has 2 aromatic rings. The van der Waals surface area contributed by atoms with Crippen LogP contribution in [0.3, 0.4) is 0 Å². The van der Waals surface area contributed by atoms with Gasteiger partial charge in [0.2, 0.25) is 11.8 Å². The van der Waals surface area contributed by atoms with Crippen molar-refractivity contribution in [3.05, 3.63) is 23.6 Å². The molecule has 2 aliphatic rings. The summed E-state index contributed by atoms with van der Waals surface area (Å²) in [5.41, 5.74) is 0.403. The molecular weight excluding hydrogens is 687 g/mol. The third-order valence-corrected chi connectivity index (χ3v) is 15.3. The summed E-state index contributed by atoms with van der Waals surface area (Å²) in [5, 5.41) is 13.5. The van der Waals surface area contributed by atoms with E-state index in [-0.39, 0.29) is 28.5 Å². The van der Waals surface area contributed by atoms with Gasteiger partial charge in [-0.25, -0.2) is 16.8 Å². The average molecular weight is 744 g/mol. The maximum atomic E-state index is 13.2. The highest BCUT2D eigenvalue weighted by Crippen LogP contribution is 2.38. The summed E-state index contributed by atoms with van der Waals surface area (Å²) in [6, 6.07) is 3.40. The number of nitrogens with one attached hydrogen (secondary N) is 2. The van der Waals surface area contributed by atoms with Gasteiger partial charge in [0.25, 0.3) is 0 Å². The number of hydrogen-bond acceptors (Lipinski definition) is 11. The maximum absolute atomic E-state index is 13.2. The summed E-state index contributed by atoms with van der Waals surface area (Å²) < 4.78 is 65.1. The summed E-state index contributed by atoms with van der Waals surface area (Å²) in [7, 11) is -5.70. The van der Waals surface area contributed by atoms with Gasteiger partial charge < -0.3 is 24.6 Å². The Labute approximate surface area is 297 Å². The van der Waals surface area contributed by atoms with Crippen LogP contribution in [0.4, 0.5) is 11.6 Å². The number of ether oxygens (including phenoxy) is 2. The minimum Gasteiger partial charge on any atom is -0.381 e. The van der Waals surface area contributed by atoms with Crippen LogP contribution < -0.4 is 10.6 Å². The van der Waals surface area contributed by atoms with E-state index in [4.69, 9.17) is 14.0 Å². The van der Waals surface area contributed by atoms with Crippen molar-refractivity contribution < 1.29 is 40.4 Å². The van der Waals surface area contributed by atoms with Crippen LogP contribution in [-0.4, -0.2) is 89.5 Å². The van der Waals surface area contributed by atoms with E-state index >= 15 is 0 Å². The van der Waals surface area contributed by atoms with Gasteiger partial charge in [-0.3, -0.25) is 14.3 Å². The second-order valence-electron chi connectivity index (χ2n) is 16.5. The molecule has 2 N–H and O–H groups in total. The molecule has 1 atom stereocenters. The van der Waals surface area contributed by atoms with Crippen LogP contribution in [0.5, 0.6) is 0 Å². The van der Waals surface area contributed by atoms with Crippen molar-refractivity contribution in [2.45, 2.75) is 133 Å². The fourth-order valence-electron chi connectivity index (χ4n) is 5.35. The van der Waals surface area contributed by atoms with Crippen molar-refractivity contribution in [3.8, 4) is 0 Å². The molecule has 0 spiro atoms. The van der Waals surface area contributed by atoms with Gasteiger partial charge in [0, 0.05) is 49.8 Å². The molecular formula is C34H57N5O9S2. The van der Waals surface area contributed by atoms with E-state index in [1.54, 1.807) is 30.8 Å². The van der Waals surface area contributed by atoms with Crippen LogP contribution in [0.25, 0.3) is 0 Å². The van der Waals surface area contributed by atoms with Gasteiger partial charge in [0.1, 0.15) is 21.1 Å². The molecule has 0 aliphatic carbocycles. The van der Waals surface area contributed by atoms with Crippen LogP contribution in [-0.2, 0) is 56.6 Å². The fraction of sp³-hybridized carbons (Fsp3) is 0.765. The second-order valence-corrected chi connectivity index (χ2v) is 22.1. The third kappa shape index (κ3) is 8.96. The summed E-state index contributed by atoms with van der Waals surface area (Å²) >= 11 is 0. The zero-order chi connectivity index (χ0) is 38.1. The molecule has 2 fully saturated rings. The lowest BCUT2D eigenvalue weighted by molar-refractivity contribution is -0.118. The molecule has 50 heavy (non-hydrogen) atoms. The lowest BCUT2D eigenvalue weighted by Gasteiger charge is -2.38. The Balaban J connectivity index is 0.000000270. The third-order valence-electron chi connectivity index (χ3n) is 9.55. The number of aromatic nitrogens is 3. The normalized spacial score (nSPS) is 19.0. The predicted molar refractivity (Wildman–Crippen MR) is 193 cm³/mol. The van der Waals surface area contributed by atoms with Crippen molar-refractivity contribution in [1.82, 2.24) is 14.9 Å². The first-order valence-electron chi connectivity index (χ1n) is 17.0. The zero-order valence-corrected chi connectivity index (χ0v) is 33.4. The monoisotopic (exact) mass is 743 g/mol. The van der Waals surface area contributed by atoms with Gasteiger partial charge >= 0.3 is 0 Å². The SMILES string of the molecule is CC(C)(C)c1cc(NC(=O)C(C)(C)S(=O)(=O)C2(C)CCOCC2)no1.Cn1nc(C(C)(C)C)cc1NC(=O)C(C)(C)S(=O)(=O)CC1CCCO1. The number of aryl methyl sites for hydroxylation is 1. The molecule has 16 heteroatoms. The number of anilines is 2. The number of sulfone groups is 2. The van der Waals surface area contributed by atoms with Crippen LogP contribution in [0.1, 0.15) is 113 Å². The summed E-state index contributed by atoms with van der Waals surface area (Å²) in [5.74, 6) is -0.0000801. The molecule has 4 heterocycles. The highest BCUT2D eigenvalue weighted by atomic mass is 32.2. The minimum absolute atomic E-state index is 0.133. The number of nitrogens with zero attached hydrogens (tertiary/aromatic N) is 3. The predicted octanol–water partition coefficient (Wildman–Crippen LogP) is 4.70. The summed E-state index contributed by atoms with van der Waals surface area (Å²) in [4.78, 5) is 25.4. The van der Waals surface area contributed by atoms with E-state index in [9.17, 15) is 26.4 Å². The van der Waals surface area contributed by atoms with Gasteiger partial charge in [-0.2, -0.15) is 5.10 Å². The first kappa shape index (κ1) is 41.6. The highest BCUT2D eigenvalue weighted by molar-refractivity contribution is 7.95. The molecule has 4 rings (SSSR count). The topological polar surface area (TPSA) is 189 Å². The molecule has 0 radical (unpaired) electrons. The first-order valence-corrected chi connectivity index (χ1v) is 20.1. The van der Waals surface area contributed by atoms with E-state index in [1.807, 2.05) is 41.5 Å². The van der Waals surface area contributed by atoms with Crippen LogP contribution >= 0.6 is 0 Å². The van der Waals surface area contributed by atoms with Crippen molar-refractivity contribution in [2.24, 2.45) is 7.05 Å². The molecule has 0 bridgehead atoms. The minimum atomic E-state index is -3.75. The molecule has 2 aromatic heterocycles. The van der Waals surface area contributed by atoms with Gasteiger partial charge in [0.05, 0.1) is 22.3 Å². The maximum Gasteiger partial charge on any atom is 0.246 e. The zero-order valence-electron chi connectivity index (χ0n) is 31.7. The Bertz CT molecular complexity index is 1730. The van der Waals surface area contributed by atoms with E-state index in [1.165, 1.54) is 27.7 Å². The van der Waals surface area contributed by atoms with E-state index < -0.39 is 45.7 Å². The van der Waals surface area contributed by atoms with Gasteiger partial charge in [0.15, 0.2) is 25.5 Å². The van der Waals surface area contributed by atoms with Crippen molar-refractivity contribution >= 4 is 43.1 Å². The molecule has 14 nitrogen and oxygen atoms in total. The van der Waals surface area contributed by atoms with Gasteiger partial charge in [-0.15, -0.1) is 0 Å². The molecule has 0 saturated carbocycles. The Morgan fingerprint density at radius 1 is 0.880 bits per heavy atom. The second kappa shape index (κ2) is 14.7. The van der Waals surface area contributed by atoms with Crippen LogP contribution in [0, 0.1) is 0 Å². The van der Waals surface area contributed by atoms with E-state index in [2.05, 4.69) is 20.9 Å². The molecule has 2 saturated heterocycles. The average Bonchev–Trinajstić information content (AvgIpc) is 3.75. The Kier molecular flexibility index (Phi) is 12.2. The van der Waals surface area contributed by atoms with Crippen LogP contribution in [0.15, 0.2) is 16.7 Å². The Hall–Kier alpha value is -2.82. The number of hydrogen-bond donors (Lipinski definition) is 2. The smallest absolute Gasteiger partial charge is 0.246 e. The number of amides is 2. The Morgan fingerprint density at radius 3 is 1.94 bits per heavy atom. The molecule has 2 aliphatic heterocycles. The highest BCUT2D eigenvalue weighted by Gasteiger charge is 2.53. The number of carbonyl (C=O) groups is 2. The van der Waals surface area contributed by atoms with E-state index in [0.29, 0.717) is 50.7 Å². The quantitative estimate of drug-likeness (QED) is 0.362. The molecule has 2 amide bonds. The number of rotatable bonds is 9. The largest absolute Gasteiger partial charge is 0.381 e. The van der Waals surface area contributed by atoms with Gasteiger partial charge in [-0.05, 0) is 60.3 Å². The summed E-state index contributed by atoms with van der Waals surface area (Å²) in [6.07, 6.45) is 2.01. The van der Waals surface area contributed by atoms with Gasteiger partial charge in [-0.1, -0.05) is 46.7 Å². The lowest BCUT2D eigenvalue weighted by Crippen LogP contribution is -2.55. The van der Waals surface area contributed by atoms with E-state index in [0.717, 1.165) is 12.1 Å². The Morgan fingerprint density at radius 2 is 1.46 bits per heavy atom. The van der Waals surface area contributed by atoms with Crippen molar-refractivity contribution in [1.29, 1.82) is 0 Å². The van der Waals surface area contributed by atoms with Crippen molar-refractivity contribution in [2.75, 3.05) is 36.2 Å². The summed E-state index contributed by atoms with van der Waals surface area (Å²) in [6.45, 7) is 20.7. The van der Waals surface area contributed by atoms with Crippen LogP contribution in [0.2, 0.25) is 0 Å². The first-order chi connectivity index (χ1) is 22.7. The van der Waals surface area contributed by atoms with Crippen molar-refractivity contribution in [3.63, 3.8) is 0 Å².